The van der Waals surface area contributed by atoms with Gasteiger partial charge in [0.25, 0.3) is 5.91 Å². The van der Waals surface area contributed by atoms with Gasteiger partial charge in [0.15, 0.2) is 5.82 Å². The highest BCUT2D eigenvalue weighted by atomic mass is 35.5. The van der Waals surface area contributed by atoms with E-state index >= 15 is 0 Å². The summed E-state index contributed by atoms with van der Waals surface area (Å²) in [4.78, 5) is 29.3. The average Bonchev–Trinajstić information content (AvgIpc) is 3.32. The molecule has 168 valence electrons. The quantitative estimate of drug-likeness (QED) is 0.636. The summed E-state index contributed by atoms with van der Waals surface area (Å²) in [5, 5.41) is 7.55. The van der Waals surface area contributed by atoms with Crippen LogP contribution in [-0.2, 0) is 0 Å². The van der Waals surface area contributed by atoms with Gasteiger partial charge >= 0.3 is 6.03 Å². The topological polar surface area (TPSA) is 83.6 Å². The predicted molar refractivity (Wildman–Crippen MR) is 123 cm³/mol. The third-order valence-corrected chi connectivity index (χ3v) is 6.19. The first-order valence-electron chi connectivity index (χ1n) is 10.5. The van der Waals surface area contributed by atoms with Crippen molar-refractivity contribution in [2.45, 2.75) is 27.7 Å². The average molecular weight is 456 g/mol. The van der Waals surface area contributed by atoms with Gasteiger partial charge in [0, 0.05) is 54.3 Å². The van der Waals surface area contributed by atoms with Gasteiger partial charge in [0.1, 0.15) is 5.76 Å². The van der Waals surface area contributed by atoms with E-state index in [-0.39, 0.29) is 11.9 Å². The molecule has 1 aliphatic rings. The van der Waals surface area contributed by atoms with Gasteiger partial charge < -0.3 is 19.6 Å². The minimum absolute atomic E-state index is 0.0464. The van der Waals surface area contributed by atoms with Gasteiger partial charge in [-0.3, -0.25) is 9.36 Å². The van der Waals surface area contributed by atoms with Crippen molar-refractivity contribution in [1.82, 2.24) is 19.5 Å². The lowest BCUT2D eigenvalue weighted by atomic mass is 10.2. The number of piperazine rings is 1. The zero-order valence-electron chi connectivity index (χ0n) is 18.6. The van der Waals surface area contributed by atoms with Crippen LogP contribution in [-0.4, -0.2) is 57.6 Å². The molecule has 0 bridgehead atoms. The van der Waals surface area contributed by atoms with Gasteiger partial charge in [-0.05, 0) is 51.5 Å². The first-order chi connectivity index (χ1) is 15.2. The Bertz CT molecular complexity index is 1170. The van der Waals surface area contributed by atoms with Crippen LogP contribution in [0.4, 0.5) is 10.5 Å². The molecule has 0 atom stereocenters. The highest BCUT2D eigenvalue weighted by Gasteiger charge is 2.27. The standard InChI is InChI=1S/C23H26ClN5O3/c1-14-5-6-18(13-20(14)24)25-23(31)28-9-7-27(8-10-28)22(30)19-11-15(2)29(17(19)4)21-12-16(3)32-26-21/h5-6,11-13H,7-10H2,1-4H3,(H,25,31). The highest BCUT2D eigenvalue weighted by Crippen LogP contribution is 2.23. The van der Waals surface area contributed by atoms with Crippen LogP contribution in [0.15, 0.2) is 34.9 Å². The van der Waals surface area contributed by atoms with Gasteiger partial charge in [0.05, 0.1) is 5.56 Å². The largest absolute Gasteiger partial charge is 0.360 e. The van der Waals surface area contributed by atoms with Crippen molar-refractivity contribution in [1.29, 1.82) is 0 Å². The van der Waals surface area contributed by atoms with E-state index in [2.05, 4.69) is 10.5 Å². The number of carbonyl (C=O) groups is 2. The number of halogens is 1. The first-order valence-corrected chi connectivity index (χ1v) is 10.9. The van der Waals surface area contributed by atoms with Crippen LogP contribution >= 0.6 is 11.6 Å². The number of nitrogens with zero attached hydrogens (tertiary/aromatic N) is 4. The van der Waals surface area contributed by atoms with Crippen molar-refractivity contribution in [2.75, 3.05) is 31.5 Å². The fourth-order valence-electron chi connectivity index (χ4n) is 3.95. The summed E-state index contributed by atoms with van der Waals surface area (Å²) in [5.74, 6) is 1.33. The number of hydrogen-bond acceptors (Lipinski definition) is 4. The second-order valence-electron chi connectivity index (χ2n) is 8.09. The Kier molecular flexibility index (Phi) is 5.97. The second kappa shape index (κ2) is 8.70. The maximum Gasteiger partial charge on any atom is 0.321 e. The molecule has 1 aliphatic heterocycles. The van der Waals surface area contributed by atoms with E-state index in [9.17, 15) is 9.59 Å². The molecule has 0 unspecified atom stereocenters. The van der Waals surface area contributed by atoms with E-state index in [0.29, 0.717) is 54.0 Å². The molecule has 9 heteroatoms. The van der Waals surface area contributed by atoms with Gasteiger partial charge in [-0.1, -0.05) is 22.8 Å². The van der Waals surface area contributed by atoms with E-state index in [1.807, 2.05) is 56.5 Å². The van der Waals surface area contributed by atoms with Crippen molar-refractivity contribution in [3.63, 3.8) is 0 Å². The highest BCUT2D eigenvalue weighted by molar-refractivity contribution is 6.31. The van der Waals surface area contributed by atoms with Crippen molar-refractivity contribution in [3.05, 3.63) is 63.6 Å². The predicted octanol–water partition coefficient (Wildman–Crippen LogP) is 4.34. The molecule has 1 fully saturated rings. The zero-order chi connectivity index (χ0) is 23.0. The molecule has 0 spiro atoms. The van der Waals surface area contributed by atoms with E-state index in [0.717, 1.165) is 17.0 Å². The number of carbonyl (C=O) groups excluding carboxylic acids is 2. The fraction of sp³-hybridized carbons (Fsp3) is 0.348. The number of benzene rings is 1. The third-order valence-electron chi connectivity index (χ3n) is 5.78. The summed E-state index contributed by atoms with van der Waals surface area (Å²) in [6.07, 6.45) is 0. The number of nitrogens with one attached hydrogen (secondary N) is 1. The Morgan fingerprint density at radius 3 is 2.31 bits per heavy atom. The summed E-state index contributed by atoms with van der Waals surface area (Å²) in [5.41, 5.74) is 3.97. The number of hydrogen-bond donors (Lipinski definition) is 1. The molecule has 3 aromatic rings. The number of amides is 3. The molecule has 8 nitrogen and oxygen atoms in total. The first kappa shape index (κ1) is 22.0. The summed E-state index contributed by atoms with van der Waals surface area (Å²) in [6.45, 7) is 9.43. The van der Waals surface area contributed by atoms with Crippen LogP contribution in [0.3, 0.4) is 0 Å². The Morgan fingerprint density at radius 1 is 1.00 bits per heavy atom. The van der Waals surface area contributed by atoms with Gasteiger partial charge in [0.2, 0.25) is 0 Å². The summed E-state index contributed by atoms with van der Waals surface area (Å²) in [7, 11) is 0. The van der Waals surface area contributed by atoms with Crippen molar-refractivity contribution < 1.29 is 14.1 Å². The van der Waals surface area contributed by atoms with Crippen molar-refractivity contribution >= 4 is 29.2 Å². The molecule has 0 saturated carbocycles. The molecule has 4 rings (SSSR count). The summed E-state index contributed by atoms with van der Waals surface area (Å²) in [6, 6.07) is 8.95. The van der Waals surface area contributed by atoms with Crippen LogP contribution in [0.2, 0.25) is 5.02 Å². The van der Waals surface area contributed by atoms with Crippen LogP contribution < -0.4 is 5.32 Å². The smallest absolute Gasteiger partial charge is 0.321 e. The van der Waals surface area contributed by atoms with Crippen LogP contribution in [0.5, 0.6) is 0 Å². The molecule has 0 radical (unpaired) electrons. The molecular formula is C23H26ClN5O3. The SMILES string of the molecule is Cc1cc(-n2c(C)cc(C(=O)N3CCN(C(=O)Nc4ccc(C)c(Cl)c4)CC3)c2C)no1. The maximum absolute atomic E-state index is 13.2. The van der Waals surface area contributed by atoms with Crippen LogP contribution in [0.25, 0.3) is 5.82 Å². The second-order valence-corrected chi connectivity index (χ2v) is 8.50. The van der Waals surface area contributed by atoms with E-state index in [1.165, 1.54) is 0 Å². The van der Waals surface area contributed by atoms with E-state index in [4.69, 9.17) is 16.1 Å². The third kappa shape index (κ3) is 4.23. The van der Waals surface area contributed by atoms with Gasteiger partial charge in [-0.15, -0.1) is 0 Å². The van der Waals surface area contributed by atoms with Crippen molar-refractivity contribution in [3.8, 4) is 5.82 Å². The molecular weight excluding hydrogens is 430 g/mol. The van der Waals surface area contributed by atoms with Gasteiger partial charge in [-0.25, -0.2) is 4.79 Å². The van der Waals surface area contributed by atoms with E-state index in [1.54, 1.807) is 15.9 Å². The molecule has 0 aliphatic carbocycles. The number of aromatic nitrogens is 2. The monoisotopic (exact) mass is 455 g/mol. The van der Waals surface area contributed by atoms with E-state index < -0.39 is 0 Å². The molecule has 2 aromatic heterocycles. The molecule has 3 amide bonds. The van der Waals surface area contributed by atoms with Gasteiger partial charge in [-0.2, -0.15) is 0 Å². The maximum atomic E-state index is 13.2. The Morgan fingerprint density at radius 2 is 1.69 bits per heavy atom. The number of urea groups is 1. The molecule has 1 N–H and O–H groups in total. The minimum Gasteiger partial charge on any atom is -0.360 e. The molecule has 32 heavy (non-hydrogen) atoms. The Hall–Kier alpha value is -3.26. The lowest BCUT2D eigenvalue weighted by Crippen LogP contribution is -2.51. The number of aryl methyl sites for hydroxylation is 3. The summed E-state index contributed by atoms with van der Waals surface area (Å²) < 4.78 is 7.10. The molecule has 1 saturated heterocycles. The van der Waals surface area contributed by atoms with Crippen LogP contribution in [0.1, 0.15) is 33.1 Å². The normalized spacial score (nSPS) is 14.0. The molecule has 1 aromatic carbocycles. The lowest BCUT2D eigenvalue weighted by Gasteiger charge is -2.34. The van der Waals surface area contributed by atoms with Crippen LogP contribution in [0, 0.1) is 27.7 Å². The number of rotatable bonds is 3. The Balaban J connectivity index is 1.40. The fourth-order valence-corrected chi connectivity index (χ4v) is 4.13. The lowest BCUT2D eigenvalue weighted by molar-refractivity contribution is 0.0671. The van der Waals surface area contributed by atoms with Crippen molar-refractivity contribution in [2.24, 2.45) is 0 Å². The Labute approximate surface area is 191 Å². The zero-order valence-corrected chi connectivity index (χ0v) is 19.4. The minimum atomic E-state index is -0.198. The number of anilines is 1. The summed E-state index contributed by atoms with van der Waals surface area (Å²) >= 11 is 6.14. The molecule has 3 heterocycles.